The minimum Gasteiger partial charge on any atom is -0.456 e. The molecular weight excluding hydrogens is 875 g/mol. The monoisotopic (exact) mass is 911 g/mol. The zero-order chi connectivity index (χ0) is 45.9. The van der Waals surface area contributed by atoms with Gasteiger partial charge < -0.3 is 8.98 Å². The normalized spacial score (nSPS) is 12.0. The van der Waals surface area contributed by atoms with Crippen molar-refractivity contribution in [3.8, 4) is 56.7 Å². The maximum atomic E-state index is 6.68. The van der Waals surface area contributed by atoms with Crippen LogP contribution >= 0.6 is 11.3 Å². The molecule has 5 aromatic heterocycles. The lowest BCUT2D eigenvalue weighted by Gasteiger charge is -2.12. The Kier molecular flexibility index (Phi) is 8.43. The third kappa shape index (κ3) is 5.89. The summed E-state index contributed by atoms with van der Waals surface area (Å²) in [5.41, 5.74) is 13.5. The molecule has 0 bridgehead atoms. The van der Waals surface area contributed by atoms with E-state index in [0.717, 1.165) is 82.8 Å². The number of hydrogen-bond acceptors (Lipinski definition) is 5. The van der Waals surface area contributed by atoms with Crippen LogP contribution in [0, 0.1) is 0 Å². The number of nitrogens with zero attached hydrogens (tertiary/aromatic N) is 5. The topological polar surface area (TPSA) is 61.7 Å². The summed E-state index contributed by atoms with van der Waals surface area (Å²) in [7, 11) is 0. The number of thiophene rings is 1. The lowest BCUT2D eigenvalue weighted by atomic mass is 9.92. The zero-order valence-corrected chi connectivity index (χ0v) is 38.2. The Morgan fingerprint density at radius 1 is 0.329 bits per heavy atom. The Bertz CT molecular complexity index is 4560. The molecule has 7 heteroatoms. The van der Waals surface area contributed by atoms with Gasteiger partial charge in [0.05, 0.1) is 22.1 Å². The van der Waals surface area contributed by atoms with E-state index in [4.69, 9.17) is 19.4 Å². The molecule has 70 heavy (non-hydrogen) atoms. The van der Waals surface area contributed by atoms with Crippen molar-refractivity contribution in [2.45, 2.75) is 0 Å². The maximum Gasteiger partial charge on any atom is 0.238 e. The van der Waals surface area contributed by atoms with Crippen LogP contribution in [-0.4, -0.2) is 24.1 Å². The Hall–Kier alpha value is -9.17. The highest BCUT2D eigenvalue weighted by atomic mass is 32.1. The number of fused-ring (bicyclic) bond motifs is 12. The summed E-state index contributed by atoms with van der Waals surface area (Å²) in [5.74, 6) is 1.72. The number of aromatic nitrogens is 5. The highest BCUT2D eigenvalue weighted by molar-refractivity contribution is 7.25. The average Bonchev–Trinajstić information content (AvgIpc) is 4.18. The first-order chi connectivity index (χ1) is 34.7. The molecule has 6 nitrogen and oxygen atoms in total. The van der Waals surface area contributed by atoms with Crippen LogP contribution < -0.4 is 0 Å². The van der Waals surface area contributed by atoms with Crippen LogP contribution in [0.4, 0.5) is 0 Å². The van der Waals surface area contributed by atoms with E-state index in [0.29, 0.717) is 17.6 Å². The van der Waals surface area contributed by atoms with Crippen LogP contribution in [-0.2, 0) is 0 Å². The van der Waals surface area contributed by atoms with Crippen molar-refractivity contribution in [3.63, 3.8) is 0 Å². The first kappa shape index (κ1) is 38.9. The van der Waals surface area contributed by atoms with Gasteiger partial charge in [0, 0.05) is 69.3 Å². The van der Waals surface area contributed by atoms with Gasteiger partial charge in [-0.15, -0.1) is 11.3 Å². The molecule has 0 saturated carbocycles. The minimum absolute atomic E-state index is 0.553. The summed E-state index contributed by atoms with van der Waals surface area (Å²) in [6.07, 6.45) is 0. The summed E-state index contributed by atoms with van der Waals surface area (Å²) < 4.78 is 13.7. The Balaban J connectivity index is 0.921. The van der Waals surface area contributed by atoms with E-state index in [9.17, 15) is 0 Å². The fraction of sp³-hybridized carbons (Fsp3) is 0. The summed E-state index contributed by atoms with van der Waals surface area (Å²) in [4.78, 5) is 16.1. The average molecular weight is 912 g/mol. The van der Waals surface area contributed by atoms with Crippen molar-refractivity contribution in [2.24, 2.45) is 0 Å². The van der Waals surface area contributed by atoms with Crippen molar-refractivity contribution in [1.82, 2.24) is 24.1 Å². The molecule has 0 unspecified atom stereocenters. The molecule has 0 aliphatic rings. The molecule has 10 aromatic carbocycles. The van der Waals surface area contributed by atoms with Gasteiger partial charge in [0.2, 0.25) is 5.95 Å². The van der Waals surface area contributed by atoms with Gasteiger partial charge in [-0.3, -0.25) is 4.57 Å². The molecule has 0 radical (unpaired) electrons. The van der Waals surface area contributed by atoms with Gasteiger partial charge in [-0.05, 0) is 95.1 Å². The van der Waals surface area contributed by atoms with E-state index < -0.39 is 0 Å². The second-order valence-corrected chi connectivity index (χ2v) is 19.0. The van der Waals surface area contributed by atoms with Crippen molar-refractivity contribution in [1.29, 1.82) is 0 Å². The number of rotatable bonds is 6. The molecule has 15 aromatic rings. The summed E-state index contributed by atoms with van der Waals surface area (Å²) in [6, 6.07) is 79.8. The van der Waals surface area contributed by atoms with Gasteiger partial charge in [-0.2, -0.15) is 9.97 Å². The van der Waals surface area contributed by atoms with Crippen LogP contribution in [0.25, 0.3) is 142 Å². The maximum absolute atomic E-state index is 6.68. The van der Waals surface area contributed by atoms with E-state index in [-0.39, 0.29) is 0 Å². The largest absolute Gasteiger partial charge is 0.456 e. The minimum atomic E-state index is 0.553. The van der Waals surface area contributed by atoms with Crippen molar-refractivity contribution < 1.29 is 4.42 Å². The molecule has 0 aliphatic heterocycles. The van der Waals surface area contributed by atoms with Gasteiger partial charge in [-0.25, -0.2) is 4.98 Å². The lowest BCUT2D eigenvalue weighted by molar-refractivity contribution is 0.669. The Labute approximate surface area is 404 Å². The molecule has 326 valence electrons. The van der Waals surface area contributed by atoms with Crippen LogP contribution in [0.2, 0.25) is 0 Å². The van der Waals surface area contributed by atoms with E-state index in [2.05, 4.69) is 221 Å². The van der Waals surface area contributed by atoms with E-state index >= 15 is 0 Å². The fourth-order valence-corrected chi connectivity index (χ4v) is 12.0. The summed E-state index contributed by atoms with van der Waals surface area (Å²) in [6.45, 7) is 0. The first-order valence-electron chi connectivity index (χ1n) is 23.5. The number of hydrogen-bond donors (Lipinski definition) is 0. The van der Waals surface area contributed by atoms with Crippen molar-refractivity contribution in [3.05, 3.63) is 224 Å². The Morgan fingerprint density at radius 3 is 1.64 bits per heavy atom. The molecule has 15 rings (SSSR count). The van der Waals surface area contributed by atoms with E-state index in [1.807, 2.05) is 12.1 Å². The number of furan rings is 1. The molecule has 0 aliphatic carbocycles. The number of benzene rings is 10. The van der Waals surface area contributed by atoms with Crippen molar-refractivity contribution >= 4 is 97.1 Å². The highest BCUT2D eigenvalue weighted by Crippen LogP contribution is 2.43. The third-order valence-electron chi connectivity index (χ3n) is 14.0. The summed E-state index contributed by atoms with van der Waals surface area (Å²) in [5, 5.41) is 9.15. The second kappa shape index (κ2) is 15.2. The van der Waals surface area contributed by atoms with Gasteiger partial charge in [0.1, 0.15) is 11.2 Å². The fourth-order valence-electron chi connectivity index (χ4n) is 10.9. The smallest absolute Gasteiger partial charge is 0.238 e. The highest BCUT2D eigenvalue weighted by Gasteiger charge is 2.22. The van der Waals surface area contributed by atoms with Crippen molar-refractivity contribution in [2.75, 3.05) is 0 Å². The van der Waals surface area contributed by atoms with Gasteiger partial charge in [-0.1, -0.05) is 152 Å². The predicted molar refractivity (Wildman–Crippen MR) is 290 cm³/mol. The van der Waals surface area contributed by atoms with Crippen LogP contribution in [0.15, 0.2) is 229 Å². The molecular formula is C63H37N5OS. The van der Waals surface area contributed by atoms with Crippen LogP contribution in [0.1, 0.15) is 0 Å². The zero-order valence-electron chi connectivity index (χ0n) is 37.4. The second-order valence-electron chi connectivity index (χ2n) is 17.9. The molecule has 0 N–H and O–H groups in total. The van der Waals surface area contributed by atoms with Gasteiger partial charge >= 0.3 is 0 Å². The molecule has 0 fully saturated rings. The van der Waals surface area contributed by atoms with E-state index in [1.54, 1.807) is 11.3 Å². The SMILES string of the molecule is c1ccc(-n2c3ccccc3c3cc(-c4ccccc4-c4ccc5oc6cccc(-c7nc(-c8ccc9c(c8)sc8ccccc89)nc(-n8c9ccccc9c9ccccc98)n7)c6c5c4)ccc32)cc1. The van der Waals surface area contributed by atoms with Gasteiger partial charge in [0.15, 0.2) is 11.6 Å². The predicted octanol–water partition coefficient (Wildman–Crippen LogP) is 17.0. The Morgan fingerprint density at radius 2 is 0.886 bits per heavy atom. The molecule has 0 saturated heterocycles. The van der Waals surface area contributed by atoms with Crippen LogP contribution in [0.5, 0.6) is 0 Å². The van der Waals surface area contributed by atoms with Gasteiger partial charge in [0.25, 0.3) is 0 Å². The van der Waals surface area contributed by atoms with E-state index in [1.165, 1.54) is 42.0 Å². The molecule has 0 spiro atoms. The molecule has 5 heterocycles. The summed E-state index contributed by atoms with van der Waals surface area (Å²) >= 11 is 1.79. The molecule has 0 atom stereocenters. The quantitative estimate of drug-likeness (QED) is 0.167. The number of para-hydroxylation sites is 4. The third-order valence-corrected chi connectivity index (χ3v) is 15.1. The first-order valence-corrected chi connectivity index (χ1v) is 24.3. The lowest BCUT2D eigenvalue weighted by Crippen LogP contribution is -2.06. The molecule has 0 amide bonds. The van der Waals surface area contributed by atoms with Crippen LogP contribution in [0.3, 0.4) is 0 Å². The standard InChI is InChI=1S/C63H37N5OS/c1-2-15-41(16-3-1)67-52-24-10-8-21-46(52)50-35-38(30-33-55(50)67)42-17-4-5-18-43(42)39-31-34-56-51(36-39)60-49(23-14-27-57(60)69-56)62-64-61(40-29-32-48-47-22-9-13-28-58(47)70-59(48)37-40)65-63(66-62)68-53-25-11-6-19-44(53)45-20-7-12-26-54(45)68/h1-37H.